The minimum absolute atomic E-state index is 0.233. The Labute approximate surface area is 136 Å². The van der Waals surface area contributed by atoms with Gasteiger partial charge in [0, 0.05) is 10.5 Å². The first-order chi connectivity index (χ1) is 10.0. The number of nitrogen functional groups attached to an aromatic ring is 1. The van der Waals surface area contributed by atoms with Crippen molar-refractivity contribution in [3.8, 4) is 11.5 Å². The average Bonchev–Trinajstić information content (AvgIpc) is 2.44. The van der Waals surface area contributed by atoms with E-state index in [1.807, 2.05) is 18.2 Å². The number of hydrogen-bond acceptors (Lipinski definition) is 4. The number of benzene rings is 2. The number of anilines is 1. The molecule has 0 amide bonds. The molecule has 3 rings (SSSR count). The SMILES string of the molecule is Nc1cc2c(=O)[nH]cnc2cc1Oc1ccc(Br)cc1Br. The molecule has 5 nitrogen and oxygen atoms in total. The molecule has 0 bridgehead atoms. The van der Waals surface area contributed by atoms with Crippen LogP contribution in [0.3, 0.4) is 0 Å². The van der Waals surface area contributed by atoms with Gasteiger partial charge in [0.15, 0.2) is 5.75 Å². The number of rotatable bonds is 2. The standard InChI is InChI=1S/C14H9Br2N3O2/c15-7-1-2-12(9(16)3-7)21-13-5-11-8(4-10(13)17)14(20)19-6-18-11/h1-6H,17H2,(H,18,19,20). The Balaban J connectivity index is 2.08. The summed E-state index contributed by atoms with van der Waals surface area (Å²) in [6.07, 6.45) is 1.35. The quantitative estimate of drug-likeness (QED) is 0.629. The number of H-pyrrole nitrogens is 1. The summed E-state index contributed by atoms with van der Waals surface area (Å²) in [5.41, 5.74) is 6.62. The van der Waals surface area contributed by atoms with Crippen molar-refractivity contribution in [3.05, 3.63) is 56.0 Å². The first-order valence-corrected chi connectivity index (χ1v) is 7.53. The van der Waals surface area contributed by atoms with Crippen LogP contribution in [0.5, 0.6) is 11.5 Å². The van der Waals surface area contributed by atoms with Crippen LogP contribution in [0.2, 0.25) is 0 Å². The summed E-state index contributed by atoms with van der Waals surface area (Å²) in [7, 11) is 0. The lowest BCUT2D eigenvalue weighted by Crippen LogP contribution is -2.07. The molecule has 0 aliphatic heterocycles. The summed E-state index contributed by atoms with van der Waals surface area (Å²) in [6.45, 7) is 0. The van der Waals surface area contributed by atoms with Crippen LogP contribution >= 0.6 is 31.9 Å². The molecule has 7 heteroatoms. The molecule has 2 aromatic carbocycles. The lowest BCUT2D eigenvalue weighted by molar-refractivity contribution is 0.482. The molecule has 1 heterocycles. The van der Waals surface area contributed by atoms with Crippen molar-refractivity contribution in [1.29, 1.82) is 0 Å². The van der Waals surface area contributed by atoms with Gasteiger partial charge in [-0.1, -0.05) is 15.9 Å². The third-order valence-corrected chi connectivity index (χ3v) is 4.00. The average molecular weight is 411 g/mol. The summed E-state index contributed by atoms with van der Waals surface area (Å²) in [5, 5.41) is 0.428. The monoisotopic (exact) mass is 409 g/mol. The maximum atomic E-state index is 11.7. The molecule has 1 aromatic heterocycles. The molecular formula is C14H9Br2N3O2. The molecule has 0 radical (unpaired) electrons. The Morgan fingerprint density at radius 2 is 1.95 bits per heavy atom. The van der Waals surface area contributed by atoms with Gasteiger partial charge in [-0.25, -0.2) is 4.98 Å². The van der Waals surface area contributed by atoms with E-state index in [0.29, 0.717) is 28.1 Å². The van der Waals surface area contributed by atoms with E-state index in [1.165, 1.54) is 6.33 Å². The van der Waals surface area contributed by atoms with Crippen molar-refractivity contribution in [1.82, 2.24) is 9.97 Å². The van der Waals surface area contributed by atoms with E-state index in [1.54, 1.807) is 12.1 Å². The van der Waals surface area contributed by atoms with E-state index in [-0.39, 0.29) is 5.56 Å². The highest BCUT2D eigenvalue weighted by Gasteiger charge is 2.10. The molecular weight excluding hydrogens is 402 g/mol. The van der Waals surface area contributed by atoms with Crippen LogP contribution in [-0.2, 0) is 0 Å². The van der Waals surface area contributed by atoms with Gasteiger partial charge in [-0.15, -0.1) is 0 Å². The van der Waals surface area contributed by atoms with E-state index >= 15 is 0 Å². The molecule has 0 spiro atoms. The van der Waals surface area contributed by atoms with Crippen LogP contribution in [0.4, 0.5) is 5.69 Å². The fourth-order valence-electron chi connectivity index (χ4n) is 1.88. The zero-order valence-corrected chi connectivity index (χ0v) is 13.7. The maximum absolute atomic E-state index is 11.7. The van der Waals surface area contributed by atoms with E-state index in [2.05, 4.69) is 41.8 Å². The largest absolute Gasteiger partial charge is 0.454 e. The molecule has 0 saturated heterocycles. The molecule has 3 aromatic rings. The molecule has 0 aliphatic rings. The van der Waals surface area contributed by atoms with Gasteiger partial charge >= 0.3 is 0 Å². The number of aromatic nitrogens is 2. The zero-order valence-electron chi connectivity index (χ0n) is 10.6. The van der Waals surface area contributed by atoms with Crippen molar-refractivity contribution >= 4 is 48.5 Å². The van der Waals surface area contributed by atoms with Crippen LogP contribution in [-0.4, -0.2) is 9.97 Å². The van der Waals surface area contributed by atoms with Crippen molar-refractivity contribution in [3.63, 3.8) is 0 Å². The Morgan fingerprint density at radius 3 is 2.71 bits per heavy atom. The first kappa shape index (κ1) is 14.1. The zero-order chi connectivity index (χ0) is 15.0. The molecule has 0 fully saturated rings. The molecule has 0 saturated carbocycles. The predicted octanol–water partition coefficient (Wildman–Crippen LogP) is 3.82. The molecule has 0 atom stereocenters. The second kappa shape index (κ2) is 5.50. The molecule has 106 valence electrons. The minimum Gasteiger partial charge on any atom is -0.454 e. The fraction of sp³-hybridized carbons (Fsp3) is 0. The van der Waals surface area contributed by atoms with E-state index in [0.717, 1.165) is 8.95 Å². The number of aromatic amines is 1. The van der Waals surface area contributed by atoms with E-state index in [4.69, 9.17) is 10.5 Å². The lowest BCUT2D eigenvalue weighted by Gasteiger charge is -2.11. The number of nitrogens with zero attached hydrogens (tertiary/aromatic N) is 1. The molecule has 0 unspecified atom stereocenters. The molecule has 21 heavy (non-hydrogen) atoms. The number of hydrogen-bond donors (Lipinski definition) is 2. The second-order valence-electron chi connectivity index (χ2n) is 4.32. The highest BCUT2D eigenvalue weighted by atomic mass is 79.9. The number of ether oxygens (including phenoxy) is 1. The van der Waals surface area contributed by atoms with E-state index in [9.17, 15) is 4.79 Å². The summed E-state index contributed by atoms with van der Waals surface area (Å²) in [5.74, 6) is 1.07. The van der Waals surface area contributed by atoms with Crippen molar-refractivity contribution in [2.24, 2.45) is 0 Å². The van der Waals surface area contributed by atoms with Gasteiger partial charge < -0.3 is 15.5 Å². The van der Waals surface area contributed by atoms with Crippen molar-refractivity contribution in [2.75, 3.05) is 5.73 Å². The Hall–Kier alpha value is -1.86. The predicted molar refractivity (Wildman–Crippen MR) is 88.7 cm³/mol. The smallest absolute Gasteiger partial charge is 0.258 e. The van der Waals surface area contributed by atoms with Gasteiger partial charge in [0.25, 0.3) is 5.56 Å². The normalized spacial score (nSPS) is 10.8. The van der Waals surface area contributed by atoms with E-state index < -0.39 is 0 Å². The van der Waals surface area contributed by atoms with Crippen molar-refractivity contribution in [2.45, 2.75) is 0 Å². The van der Waals surface area contributed by atoms with Crippen LogP contribution < -0.4 is 16.0 Å². The highest BCUT2D eigenvalue weighted by molar-refractivity contribution is 9.11. The number of fused-ring (bicyclic) bond motifs is 1. The van der Waals surface area contributed by atoms with Gasteiger partial charge in [0.1, 0.15) is 5.75 Å². The summed E-state index contributed by atoms with van der Waals surface area (Å²) in [4.78, 5) is 18.3. The van der Waals surface area contributed by atoms with Crippen LogP contribution in [0, 0.1) is 0 Å². The Morgan fingerprint density at radius 1 is 1.14 bits per heavy atom. The fourth-order valence-corrected chi connectivity index (χ4v) is 3.01. The van der Waals surface area contributed by atoms with Gasteiger partial charge in [0.05, 0.1) is 27.4 Å². The van der Waals surface area contributed by atoms with Crippen molar-refractivity contribution < 1.29 is 4.74 Å². The summed E-state index contributed by atoms with van der Waals surface area (Å²) in [6, 6.07) is 8.75. The molecule has 0 aliphatic carbocycles. The maximum Gasteiger partial charge on any atom is 0.258 e. The van der Waals surface area contributed by atoms with Gasteiger partial charge in [-0.2, -0.15) is 0 Å². The van der Waals surface area contributed by atoms with Gasteiger partial charge in [-0.3, -0.25) is 4.79 Å². The highest BCUT2D eigenvalue weighted by Crippen LogP contribution is 2.35. The van der Waals surface area contributed by atoms with Gasteiger partial charge in [0.2, 0.25) is 0 Å². The van der Waals surface area contributed by atoms with Crippen LogP contribution in [0.15, 0.2) is 50.4 Å². The number of nitrogens with one attached hydrogen (secondary N) is 1. The molecule has 3 N–H and O–H groups in total. The number of halogens is 2. The Bertz CT molecular complexity index is 893. The summed E-state index contributed by atoms with van der Waals surface area (Å²) >= 11 is 6.80. The third-order valence-electron chi connectivity index (χ3n) is 2.89. The van der Waals surface area contributed by atoms with Gasteiger partial charge in [-0.05, 0) is 40.2 Å². The number of nitrogens with two attached hydrogens (primary N) is 1. The first-order valence-electron chi connectivity index (χ1n) is 5.94. The van der Waals surface area contributed by atoms with Crippen LogP contribution in [0.1, 0.15) is 0 Å². The minimum atomic E-state index is -0.233. The summed E-state index contributed by atoms with van der Waals surface area (Å²) < 4.78 is 7.52. The Kier molecular flexibility index (Phi) is 3.69. The second-order valence-corrected chi connectivity index (χ2v) is 6.09. The lowest BCUT2D eigenvalue weighted by atomic mass is 10.2. The van der Waals surface area contributed by atoms with Crippen LogP contribution in [0.25, 0.3) is 10.9 Å². The third kappa shape index (κ3) is 2.79. The topological polar surface area (TPSA) is 81.0 Å².